The Kier molecular flexibility index (Phi) is 1.93. The van der Waals surface area contributed by atoms with Gasteiger partial charge in [0, 0.05) is 29.4 Å². The van der Waals surface area contributed by atoms with Crippen LogP contribution in [0.5, 0.6) is 0 Å². The van der Waals surface area contributed by atoms with Crippen molar-refractivity contribution in [2.45, 2.75) is 0 Å². The first-order chi connectivity index (χ1) is 6.20. The molecular weight excluding hydrogens is 178 g/mol. The molecule has 2 rings (SSSR count). The van der Waals surface area contributed by atoms with Crippen LogP contribution in [0.3, 0.4) is 0 Å². The Balaban J connectivity index is 2.62. The summed E-state index contributed by atoms with van der Waals surface area (Å²) in [6.07, 6.45) is 1.98. The second-order valence-electron chi connectivity index (χ2n) is 3.12. The largest absolute Gasteiger partial charge is 0.349 e. The molecule has 0 aliphatic carbocycles. The quantitative estimate of drug-likeness (QED) is 0.614. The van der Waals surface area contributed by atoms with E-state index < -0.39 is 0 Å². The molecule has 1 aliphatic heterocycles. The highest BCUT2D eigenvalue weighted by Gasteiger charge is 2.15. The molecule has 1 aliphatic rings. The number of nitrogens with zero attached hydrogens (tertiary/aromatic N) is 1. The molecule has 0 bridgehead atoms. The highest BCUT2D eigenvalue weighted by molar-refractivity contribution is 7.85. The number of rotatable bonds is 0. The molecule has 2 heteroatoms. The van der Waals surface area contributed by atoms with Crippen LogP contribution < -0.4 is 4.90 Å². The number of fused-ring (bicyclic) bond motifs is 1. The van der Waals surface area contributed by atoms with Gasteiger partial charge in [-0.05, 0) is 11.6 Å². The van der Waals surface area contributed by atoms with Gasteiger partial charge in [0.05, 0.1) is 0 Å². The maximum Gasteiger partial charge on any atom is 0.0483 e. The van der Waals surface area contributed by atoms with Crippen molar-refractivity contribution < 1.29 is 0 Å². The molecule has 0 N–H and O–H groups in total. The fourth-order valence-corrected chi connectivity index (χ4v) is 1.80. The van der Waals surface area contributed by atoms with Crippen LogP contribution >= 0.6 is 12.6 Å². The van der Waals surface area contributed by atoms with Gasteiger partial charge in [-0.15, -0.1) is 12.6 Å². The molecular formula is C11H11NS. The minimum atomic E-state index is 0.932. The van der Waals surface area contributed by atoms with Gasteiger partial charge < -0.3 is 4.90 Å². The smallest absolute Gasteiger partial charge is 0.0483 e. The summed E-state index contributed by atoms with van der Waals surface area (Å²) >= 11 is 4.36. The third-order valence-electron chi connectivity index (χ3n) is 2.23. The minimum absolute atomic E-state index is 0.932. The summed E-state index contributed by atoms with van der Waals surface area (Å²) in [5, 5.41) is 0. The number of allylic oxidation sites excluding steroid dienone is 1. The van der Waals surface area contributed by atoms with Crippen LogP contribution in [-0.4, -0.2) is 7.05 Å². The molecule has 0 spiro atoms. The van der Waals surface area contributed by atoms with Crippen molar-refractivity contribution in [3.8, 4) is 0 Å². The Labute approximate surface area is 83.8 Å². The van der Waals surface area contributed by atoms with Gasteiger partial charge in [-0.3, -0.25) is 0 Å². The lowest BCUT2D eigenvalue weighted by atomic mass is 10.0. The summed E-state index contributed by atoms with van der Waals surface area (Å²) in [6, 6.07) is 8.19. The molecule has 0 saturated heterocycles. The van der Waals surface area contributed by atoms with Crippen LogP contribution in [0, 0.1) is 0 Å². The summed E-state index contributed by atoms with van der Waals surface area (Å²) in [5.74, 6) is 0. The maximum atomic E-state index is 4.36. The van der Waals surface area contributed by atoms with Crippen LogP contribution in [0.2, 0.25) is 0 Å². The van der Waals surface area contributed by atoms with Gasteiger partial charge in [0.25, 0.3) is 0 Å². The molecule has 1 aromatic carbocycles. The highest BCUT2D eigenvalue weighted by Crippen LogP contribution is 2.36. The van der Waals surface area contributed by atoms with E-state index in [0.717, 1.165) is 16.0 Å². The highest BCUT2D eigenvalue weighted by atomic mass is 32.1. The first-order valence-corrected chi connectivity index (χ1v) is 4.57. The first kappa shape index (κ1) is 8.45. The lowest BCUT2D eigenvalue weighted by Crippen LogP contribution is -2.14. The topological polar surface area (TPSA) is 3.24 Å². The zero-order valence-corrected chi connectivity index (χ0v) is 8.38. The molecule has 0 unspecified atom stereocenters. The molecule has 0 amide bonds. The fourth-order valence-electron chi connectivity index (χ4n) is 1.51. The summed E-state index contributed by atoms with van der Waals surface area (Å²) in [5.41, 5.74) is 3.35. The van der Waals surface area contributed by atoms with E-state index in [0.29, 0.717) is 0 Å². The van der Waals surface area contributed by atoms with Crippen LogP contribution in [0.1, 0.15) is 5.56 Å². The van der Waals surface area contributed by atoms with E-state index in [1.165, 1.54) is 5.69 Å². The van der Waals surface area contributed by atoms with Crippen LogP contribution in [0.4, 0.5) is 5.69 Å². The number of thiol groups is 1. The van der Waals surface area contributed by atoms with Gasteiger partial charge in [-0.1, -0.05) is 24.8 Å². The Morgan fingerprint density at radius 2 is 2.00 bits per heavy atom. The van der Waals surface area contributed by atoms with Gasteiger partial charge in [0.1, 0.15) is 0 Å². The molecule has 0 aromatic heterocycles. The molecule has 1 heterocycles. The van der Waals surface area contributed by atoms with E-state index in [1.807, 2.05) is 25.4 Å². The van der Waals surface area contributed by atoms with Crippen molar-refractivity contribution >= 4 is 23.9 Å². The summed E-state index contributed by atoms with van der Waals surface area (Å²) in [4.78, 5) is 2.99. The summed E-state index contributed by atoms with van der Waals surface area (Å²) in [6.45, 7) is 4.00. The van der Waals surface area contributed by atoms with Gasteiger partial charge >= 0.3 is 0 Å². The predicted octanol–water partition coefficient (Wildman–Crippen LogP) is 2.92. The maximum absolute atomic E-state index is 4.36. The number of hydrogen-bond donors (Lipinski definition) is 1. The lowest BCUT2D eigenvalue weighted by Gasteiger charge is -2.25. The molecule has 13 heavy (non-hydrogen) atoms. The van der Waals surface area contributed by atoms with E-state index in [1.54, 1.807) is 0 Å². The Morgan fingerprint density at radius 1 is 1.31 bits per heavy atom. The second-order valence-corrected chi connectivity index (χ2v) is 3.60. The normalized spacial score (nSPS) is 15.4. The lowest BCUT2D eigenvalue weighted by molar-refractivity contribution is 1.18. The fraction of sp³-hybridized carbons (Fsp3) is 0.0909. The zero-order valence-electron chi connectivity index (χ0n) is 7.49. The summed E-state index contributed by atoms with van der Waals surface area (Å²) in [7, 11) is 2.02. The van der Waals surface area contributed by atoms with Crippen LogP contribution in [0.15, 0.2) is 41.9 Å². The van der Waals surface area contributed by atoms with Gasteiger partial charge in [-0.25, -0.2) is 0 Å². The Bertz CT molecular complexity index is 393. The van der Waals surface area contributed by atoms with Crippen LogP contribution in [-0.2, 0) is 0 Å². The van der Waals surface area contributed by atoms with Crippen molar-refractivity contribution in [1.29, 1.82) is 0 Å². The standard InChI is InChI=1S/C11H11NS/c1-8-9-5-3-4-6-10(9)12(2)7-11(8)13/h3-7,13H,1H2,2H3. The van der Waals surface area contributed by atoms with E-state index in [2.05, 4.69) is 36.2 Å². The molecule has 0 atom stereocenters. The van der Waals surface area contributed by atoms with Gasteiger partial charge in [-0.2, -0.15) is 0 Å². The molecule has 1 nitrogen and oxygen atoms in total. The van der Waals surface area contributed by atoms with E-state index in [-0.39, 0.29) is 0 Å². The van der Waals surface area contributed by atoms with Crippen molar-refractivity contribution in [2.24, 2.45) is 0 Å². The van der Waals surface area contributed by atoms with Crippen LogP contribution in [0.25, 0.3) is 5.57 Å². The van der Waals surface area contributed by atoms with Gasteiger partial charge in [0.15, 0.2) is 0 Å². The van der Waals surface area contributed by atoms with Crippen molar-refractivity contribution in [1.82, 2.24) is 0 Å². The van der Waals surface area contributed by atoms with Gasteiger partial charge in [0.2, 0.25) is 0 Å². The number of para-hydroxylation sites is 1. The zero-order chi connectivity index (χ0) is 9.42. The van der Waals surface area contributed by atoms with E-state index >= 15 is 0 Å². The average Bonchev–Trinajstić information content (AvgIpc) is 2.15. The SMILES string of the molecule is C=C1C(S)=CN(C)c2ccccc21. The van der Waals surface area contributed by atoms with Crippen molar-refractivity contribution in [3.05, 3.63) is 47.5 Å². The number of benzene rings is 1. The Hall–Kier alpha value is -1.15. The first-order valence-electron chi connectivity index (χ1n) is 4.12. The number of anilines is 1. The molecule has 66 valence electrons. The van der Waals surface area contributed by atoms with Crippen molar-refractivity contribution in [3.63, 3.8) is 0 Å². The third-order valence-corrected chi connectivity index (χ3v) is 2.62. The molecule has 0 saturated carbocycles. The summed E-state index contributed by atoms with van der Waals surface area (Å²) < 4.78 is 0. The monoisotopic (exact) mass is 189 g/mol. The second kappa shape index (κ2) is 2.96. The minimum Gasteiger partial charge on any atom is -0.349 e. The molecule has 0 fully saturated rings. The van der Waals surface area contributed by atoms with E-state index in [4.69, 9.17) is 0 Å². The third kappa shape index (κ3) is 1.27. The molecule has 1 aromatic rings. The number of hydrogen-bond acceptors (Lipinski definition) is 2. The Morgan fingerprint density at radius 3 is 2.77 bits per heavy atom. The van der Waals surface area contributed by atoms with E-state index in [9.17, 15) is 0 Å². The average molecular weight is 189 g/mol. The predicted molar refractivity (Wildman–Crippen MR) is 60.9 cm³/mol. The molecule has 0 radical (unpaired) electrons. The van der Waals surface area contributed by atoms with Crippen molar-refractivity contribution in [2.75, 3.05) is 11.9 Å².